The van der Waals surface area contributed by atoms with Crippen LogP contribution in [0.25, 0.3) is 0 Å². The van der Waals surface area contributed by atoms with Gasteiger partial charge in [-0.3, -0.25) is 5.43 Å². The van der Waals surface area contributed by atoms with Crippen molar-refractivity contribution in [3.8, 4) is 17.8 Å². The summed E-state index contributed by atoms with van der Waals surface area (Å²) < 4.78 is 23.6. The van der Waals surface area contributed by atoms with Gasteiger partial charge in [-0.1, -0.05) is 0 Å². The molecule has 1 aromatic heterocycles. The first-order valence-corrected chi connectivity index (χ1v) is 5.89. The van der Waals surface area contributed by atoms with Gasteiger partial charge in [0.15, 0.2) is 0 Å². The van der Waals surface area contributed by atoms with Crippen LogP contribution in [0.4, 0.5) is 10.3 Å². The minimum absolute atomic E-state index is 0.00444. The molecule has 2 rings (SSSR count). The van der Waals surface area contributed by atoms with Crippen LogP contribution >= 0.6 is 0 Å². The Bertz CT molecular complexity index is 577. The van der Waals surface area contributed by atoms with Crippen molar-refractivity contribution in [1.82, 2.24) is 15.0 Å². The van der Waals surface area contributed by atoms with Crippen molar-refractivity contribution in [3.05, 3.63) is 30.1 Å². The van der Waals surface area contributed by atoms with Crippen LogP contribution in [0.15, 0.2) is 24.3 Å². The van der Waals surface area contributed by atoms with Crippen LogP contribution in [0.2, 0.25) is 0 Å². The number of ether oxygens (including phenoxy) is 2. The van der Waals surface area contributed by atoms with Gasteiger partial charge in [-0.15, -0.1) is 4.98 Å². The van der Waals surface area contributed by atoms with E-state index in [0.717, 1.165) is 0 Å². The second-order valence-electron chi connectivity index (χ2n) is 4.09. The molecule has 0 radical (unpaired) electrons. The number of nitrogens with two attached hydrogens (primary N) is 1. The van der Waals surface area contributed by atoms with Gasteiger partial charge in [0.25, 0.3) is 0 Å². The largest absolute Gasteiger partial charge is 0.461 e. The van der Waals surface area contributed by atoms with Gasteiger partial charge in [-0.25, -0.2) is 10.2 Å². The summed E-state index contributed by atoms with van der Waals surface area (Å²) in [6.07, 6.45) is -0.110. The summed E-state index contributed by atoms with van der Waals surface area (Å²) in [5.74, 6) is 5.40. The third-order valence-electron chi connectivity index (χ3n) is 2.09. The minimum Gasteiger partial charge on any atom is -0.461 e. The van der Waals surface area contributed by atoms with Crippen molar-refractivity contribution >= 4 is 5.95 Å². The van der Waals surface area contributed by atoms with Gasteiger partial charge < -0.3 is 9.47 Å². The van der Waals surface area contributed by atoms with E-state index in [1.165, 1.54) is 24.3 Å². The molecule has 0 saturated carbocycles. The molecule has 7 nitrogen and oxygen atoms in total. The van der Waals surface area contributed by atoms with Gasteiger partial charge in [0.05, 0.1) is 6.10 Å². The van der Waals surface area contributed by atoms with E-state index in [2.05, 4.69) is 20.4 Å². The third kappa shape index (κ3) is 3.75. The zero-order chi connectivity index (χ0) is 14.5. The van der Waals surface area contributed by atoms with Crippen molar-refractivity contribution in [2.75, 3.05) is 5.43 Å². The minimum atomic E-state index is -0.360. The Hall–Kier alpha value is -2.48. The van der Waals surface area contributed by atoms with E-state index in [4.69, 9.17) is 15.3 Å². The van der Waals surface area contributed by atoms with Crippen molar-refractivity contribution < 1.29 is 13.9 Å². The molecule has 0 unspecified atom stereocenters. The normalized spacial score (nSPS) is 10.4. The van der Waals surface area contributed by atoms with Gasteiger partial charge >= 0.3 is 12.0 Å². The van der Waals surface area contributed by atoms with Crippen LogP contribution in [-0.2, 0) is 0 Å². The monoisotopic (exact) mass is 279 g/mol. The number of benzene rings is 1. The van der Waals surface area contributed by atoms with Gasteiger partial charge in [-0.2, -0.15) is 9.97 Å². The van der Waals surface area contributed by atoms with Crippen molar-refractivity contribution in [2.45, 2.75) is 20.0 Å². The number of nitrogen functional groups attached to an aromatic ring is 1. The number of aromatic nitrogens is 3. The number of halogens is 1. The lowest BCUT2D eigenvalue weighted by Crippen LogP contribution is -2.14. The summed E-state index contributed by atoms with van der Waals surface area (Å²) in [5, 5.41) is 0. The Kier molecular flexibility index (Phi) is 4.26. The zero-order valence-corrected chi connectivity index (χ0v) is 11.0. The Labute approximate surface area is 114 Å². The molecule has 1 heterocycles. The highest BCUT2D eigenvalue weighted by molar-refractivity contribution is 5.29. The highest BCUT2D eigenvalue weighted by Crippen LogP contribution is 2.20. The first-order valence-electron chi connectivity index (χ1n) is 5.89. The summed E-state index contributed by atoms with van der Waals surface area (Å²) in [4.78, 5) is 11.8. The van der Waals surface area contributed by atoms with Gasteiger partial charge in [0.1, 0.15) is 11.6 Å². The first-order chi connectivity index (χ1) is 9.56. The number of nitrogens with one attached hydrogen (secondary N) is 1. The highest BCUT2D eigenvalue weighted by Gasteiger charge is 2.10. The summed E-state index contributed by atoms with van der Waals surface area (Å²) in [6.45, 7) is 3.67. The van der Waals surface area contributed by atoms with E-state index in [0.29, 0.717) is 5.75 Å². The molecule has 0 aliphatic heterocycles. The van der Waals surface area contributed by atoms with Crippen molar-refractivity contribution in [3.63, 3.8) is 0 Å². The van der Waals surface area contributed by atoms with E-state index in [1.54, 1.807) is 0 Å². The molecule has 0 aliphatic carbocycles. The zero-order valence-electron chi connectivity index (χ0n) is 11.0. The Morgan fingerprint density at radius 3 is 2.35 bits per heavy atom. The second kappa shape index (κ2) is 6.11. The SMILES string of the molecule is CC(C)Oc1nc(NN)nc(Oc2ccc(F)cc2)n1. The first kappa shape index (κ1) is 13.9. The number of hydrazine groups is 1. The fraction of sp³-hybridized carbons (Fsp3) is 0.250. The maximum absolute atomic E-state index is 12.8. The topological polar surface area (TPSA) is 95.2 Å². The predicted molar refractivity (Wildman–Crippen MR) is 69.9 cm³/mol. The maximum atomic E-state index is 12.8. The molecular weight excluding hydrogens is 265 g/mol. The summed E-state index contributed by atoms with van der Waals surface area (Å²) in [5.41, 5.74) is 2.29. The number of nitrogens with zero attached hydrogens (tertiary/aromatic N) is 3. The molecule has 106 valence electrons. The Balaban J connectivity index is 2.23. The molecule has 0 saturated heterocycles. The van der Waals surface area contributed by atoms with E-state index in [9.17, 15) is 4.39 Å². The lowest BCUT2D eigenvalue weighted by atomic mass is 10.3. The number of hydrogen-bond acceptors (Lipinski definition) is 7. The standard InChI is InChI=1S/C12H14FN5O2/c1-7(2)19-11-15-10(18-14)16-12(17-11)20-9-5-3-8(13)4-6-9/h3-7H,14H2,1-2H3,(H,15,16,17,18). The molecule has 8 heteroatoms. The van der Waals surface area contributed by atoms with Crippen molar-refractivity contribution in [1.29, 1.82) is 0 Å². The molecule has 1 aromatic carbocycles. The fourth-order valence-corrected chi connectivity index (χ4v) is 1.32. The average Bonchev–Trinajstić information content (AvgIpc) is 2.40. The van der Waals surface area contributed by atoms with Gasteiger partial charge in [0, 0.05) is 0 Å². The molecule has 3 N–H and O–H groups in total. The predicted octanol–water partition coefficient (Wildman–Crippen LogP) is 1.88. The maximum Gasteiger partial charge on any atom is 0.330 e. The Morgan fingerprint density at radius 2 is 1.75 bits per heavy atom. The van der Waals surface area contributed by atoms with E-state index < -0.39 is 0 Å². The molecule has 0 bridgehead atoms. The molecule has 20 heavy (non-hydrogen) atoms. The summed E-state index contributed by atoms with van der Waals surface area (Å²) in [6, 6.07) is 5.53. The van der Waals surface area contributed by atoms with Crippen LogP contribution in [0.3, 0.4) is 0 Å². The van der Waals surface area contributed by atoms with Crippen molar-refractivity contribution in [2.24, 2.45) is 5.84 Å². The lowest BCUT2D eigenvalue weighted by molar-refractivity contribution is 0.218. The summed E-state index contributed by atoms with van der Waals surface area (Å²) >= 11 is 0. The average molecular weight is 279 g/mol. The molecule has 0 spiro atoms. The molecule has 0 aliphatic rings. The molecule has 0 atom stereocenters. The molecule has 0 fully saturated rings. The quantitative estimate of drug-likeness (QED) is 0.637. The number of hydrogen-bond donors (Lipinski definition) is 2. The van der Waals surface area contributed by atoms with E-state index in [-0.39, 0.29) is 29.9 Å². The van der Waals surface area contributed by atoms with Crippen LogP contribution in [-0.4, -0.2) is 21.1 Å². The smallest absolute Gasteiger partial charge is 0.330 e. The fourth-order valence-electron chi connectivity index (χ4n) is 1.32. The van der Waals surface area contributed by atoms with E-state index >= 15 is 0 Å². The molecule has 2 aromatic rings. The van der Waals surface area contributed by atoms with E-state index in [1.807, 2.05) is 13.8 Å². The molecular formula is C12H14FN5O2. The highest BCUT2D eigenvalue weighted by atomic mass is 19.1. The summed E-state index contributed by atoms with van der Waals surface area (Å²) in [7, 11) is 0. The number of rotatable bonds is 5. The van der Waals surface area contributed by atoms with Gasteiger partial charge in [-0.05, 0) is 38.1 Å². The third-order valence-corrected chi connectivity index (χ3v) is 2.09. The van der Waals surface area contributed by atoms with Crippen LogP contribution in [0.1, 0.15) is 13.8 Å². The number of anilines is 1. The van der Waals surface area contributed by atoms with Crippen LogP contribution in [0.5, 0.6) is 17.8 Å². The Morgan fingerprint density at radius 1 is 1.10 bits per heavy atom. The molecule has 0 amide bonds. The lowest BCUT2D eigenvalue weighted by Gasteiger charge is -2.10. The van der Waals surface area contributed by atoms with Crippen LogP contribution in [0, 0.1) is 5.82 Å². The van der Waals surface area contributed by atoms with Gasteiger partial charge in [0.2, 0.25) is 5.95 Å². The second-order valence-corrected chi connectivity index (χ2v) is 4.09. The van der Waals surface area contributed by atoms with Crippen LogP contribution < -0.4 is 20.7 Å².